The largest absolute Gasteiger partial charge is 0.265 e. The number of anilines is 3. The second-order valence-electron chi connectivity index (χ2n) is 25.6. The van der Waals surface area contributed by atoms with Gasteiger partial charge in [0, 0.05) is 88.0 Å². The van der Waals surface area contributed by atoms with Crippen LogP contribution in [-0.4, -0.2) is 57.9 Å². The summed E-state index contributed by atoms with van der Waals surface area (Å²) in [6, 6.07) is 76.9. The number of nitrogens with zero attached hydrogens (tertiary/aromatic N) is 8. The number of aryl methyl sites for hydroxylation is 9. The van der Waals surface area contributed by atoms with E-state index >= 15 is 0 Å². The van der Waals surface area contributed by atoms with Crippen molar-refractivity contribution in [1.82, 2.24) is 24.9 Å². The molecule has 0 spiro atoms. The molecule has 3 fully saturated rings. The number of pyridine rings is 5. The molecule has 112 heavy (non-hydrogen) atoms. The van der Waals surface area contributed by atoms with Gasteiger partial charge in [-0.2, -0.15) is 19.3 Å². The van der Waals surface area contributed by atoms with E-state index in [4.69, 9.17) is 58.1 Å². The average molecular weight is 2000 g/mol. The molecule has 0 N–H and O–H groups in total. The van der Waals surface area contributed by atoms with Crippen LogP contribution in [0, 0.1) is 81.9 Å². The monoisotopic (exact) mass is 2000 g/mol. The zero-order valence-corrected chi connectivity index (χ0v) is 77.6. The van der Waals surface area contributed by atoms with Crippen LogP contribution in [0.3, 0.4) is 0 Å². The topological polar surface area (TPSA) is 74.2 Å². The van der Waals surface area contributed by atoms with Crippen LogP contribution in [-0.2, 0) is 40.6 Å². The van der Waals surface area contributed by atoms with Gasteiger partial charge in [-0.1, -0.05) is 90.6 Å². The molecule has 1 aliphatic carbocycles. The number of hydrogen-bond acceptors (Lipinski definition) is 8. The molecule has 19 heteroatoms. The Morgan fingerprint density at radius 2 is 0.625 bits per heavy atom. The number of benzene rings is 7. The van der Waals surface area contributed by atoms with Crippen molar-refractivity contribution in [3.63, 3.8) is 0 Å². The number of fused-ring (bicyclic) bond motifs is 1. The van der Waals surface area contributed by atoms with Crippen LogP contribution >= 0.6 is 90.0 Å². The molecule has 8 heterocycles. The van der Waals surface area contributed by atoms with E-state index in [1.807, 2.05) is 173 Å². The number of halogens is 8. The van der Waals surface area contributed by atoms with Crippen molar-refractivity contribution < 1.29 is 40.6 Å². The summed E-state index contributed by atoms with van der Waals surface area (Å²) >= 11 is 1.39. The van der Waals surface area contributed by atoms with E-state index in [0.29, 0.717) is 0 Å². The summed E-state index contributed by atoms with van der Waals surface area (Å²) in [4.78, 5) is 26.2. The average Bonchev–Trinajstić information content (AvgIpc) is 1.64. The maximum Gasteiger partial charge on any atom is 0.0267 e. The fourth-order valence-corrected chi connectivity index (χ4v) is 19.0. The van der Waals surface area contributed by atoms with E-state index in [2.05, 4.69) is 226 Å². The summed E-state index contributed by atoms with van der Waals surface area (Å²) in [5, 5.41) is 0. The van der Waals surface area contributed by atoms with Gasteiger partial charge in [0.25, 0.3) is 0 Å². The second kappa shape index (κ2) is 55.2. The Labute approximate surface area is 723 Å². The summed E-state index contributed by atoms with van der Waals surface area (Å²) in [7, 11) is 35.0. The van der Waals surface area contributed by atoms with Crippen molar-refractivity contribution in [3.05, 3.63) is 405 Å². The van der Waals surface area contributed by atoms with Gasteiger partial charge in [-0.05, 0) is 208 Å². The van der Waals surface area contributed by atoms with Gasteiger partial charge in [0.1, 0.15) is 0 Å². The molecular weight excluding hydrogens is 1900 g/mol. The van der Waals surface area contributed by atoms with Gasteiger partial charge < -0.3 is 14.7 Å². The molecule has 3 aliphatic heterocycles. The zero-order chi connectivity index (χ0) is 80.7. The molecule has 0 radical (unpaired) electrons. The van der Waals surface area contributed by atoms with Crippen LogP contribution in [0.25, 0.3) is 5.57 Å². The van der Waals surface area contributed by atoms with Crippen LogP contribution in [0.4, 0.5) is 17.1 Å². The first kappa shape index (κ1) is 94.5. The Hall–Kier alpha value is -6.39. The number of rotatable bonds is 6. The molecular formula is C93H99Br2Cl6N8Ru3-3. The second-order valence-corrected chi connectivity index (χ2v) is 44.7. The first-order valence-electron chi connectivity index (χ1n) is 36.4. The molecule has 594 valence electrons. The molecule has 16 rings (SSSR count). The van der Waals surface area contributed by atoms with Crippen molar-refractivity contribution in [1.29, 1.82) is 0 Å². The molecule has 4 aliphatic rings. The third-order valence-electron chi connectivity index (χ3n) is 16.5. The van der Waals surface area contributed by atoms with E-state index in [0.717, 1.165) is 24.2 Å². The number of allylic oxidation sites excluding steroid dienone is 1. The standard InChI is InChI=1S/C15H10.3C13H18N.2C7H6.2C5H4BrN.3C5H5N.6ClH.3Ru/c1-2-6-12(7-3-1)15-11-10-13-8-4-5-9-14(13)15;3*1-10-8-11(2)13(12(3)9-10)14-6-4-5-7-14;2*1-7-5-3-2-4-6-7;2*6-5-2-1-3-7-4-5;3*1-2-4-6-5-3-1;;;;;;;;;/h1-9,11H;3*6,8-9H,4-5,7H2,1-3H3;2*1-6H;2*1-4H;3*1-5H;6*1H;;;/q;3*-1;;;;;;;;;;;;;;3*+2/p-6. The summed E-state index contributed by atoms with van der Waals surface area (Å²) in [6.45, 7) is 30.3. The molecule has 12 aromatic rings. The summed E-state index contributed by atoms with van der Waals surface area (Å²) < 4.78 is 7.02. The predicted octanol–water partition coefficient (Wildman–Crippen LogP) is 27.2. The molecule has 0 atom stereocenters. The minimum Gasteiger partial charge on any atom is -0.265 e. The molecule has 0 unspecified atom stereocenters. The smallest absolute Gasteiger partial charge is 0.0267 e. The Kier molecular flexibility index (Phi) is 46.6. The molecule has 0 bridgehead atoms. The number of hydrogen-bond donors (Lipinski definition) is 0. The van der Waals surface area contributed by atoms with Gasteiger partial charge in [-0.15, -0.1) is 0 Å². The number of aromatic nitrogens is 5. The molecule has 3 saturated heterocycles. The molecule has 7 aromatic carbocycles. The maximum atomic E-state index is 6.19. The fourth-order valence-electron chi connectivity index (χ4n) is 12.3. The maximum absolute atomic E-state index is 6.19. The van der Waals surface area contributed by atoms with Crippen molar-refractivity contribution in [2.24, 2.45) is 0 Å². The van der Waals surface area contributed by atoms with Crippen molar-refractivity contribution in [3.8, 4) is 0 Å². The van der Waals surface area contributed by atoms with Gasteiger partial charge in [-0.25, -0.2) is 19.6 Å². The van der Waals surface area contributed by atoms with Crippen LogP contribution in [0.2, 0.25) is 0 Å². The van der Waals surface area contributed by atoms with Crippen LogP contribution in [0.1, 0.15) is 116 Å². The van der Waals surface area contributed by atoms with E-state index in [-0.39, 0.29) is 0 Å². The van der Waals surface area contributed by atoms with Crippen molar-refractivity contribution >= 4 is 126 Å². The Morgan fingerprint density at radius 3 is 0.857 bits per heavy atom. The summed E-state index contributed by atoms with van der Waals surface area (Å²) in [5.74, 6) is 0. The van der Waals surface area contributed by atoms with Gasteiger partial charge in [0.15, 0.2) is 0 Å². The third-order valence-corrected chi connectivity index (χ3v) is 24.3. The van der Waals surface area contributed by atoms with Crippen molar-refractivity contribution in [2.75, 3.05) is 34.3 Å². The Bertz CT molecular complexity index is 4250. The van der Waals surface area contributed by atoms with Gasteiger partial charge in [0.05, 0.1) is 0 Å². The third kappa shape index (κ3) is 37.0. The Morgan fingerprint density at radius 1 is 0.339 bits per heavy atom. The van der Waals surface area contributed by atoms with Crippen LogP contribution in [0.5, 0.6) is 0 Å². The van der Waals surface area contributed by atoms with E-state index in [9.17, 15) is 0 Å². The normalized spacial score (nSPS) is 12.7. The summed E-state index contributed by atoms with van der Waals surface area (Å²) in [5.41, 5.74) is 23.9. The molecule has 0 amide bonds. The van der Waals surface area contributed by atoms with Gasteiger partial charge >= 0.3 is 267 Å². The van der Waals surface area contributed by atoms with E-state index in [1.165, 1.54) is 148 Å². The minimum absolute atomic E-state index is 1.02. The van der Waals surface area contributed by atoms with Crippen LogP contribution < -0.4 is 14.7 Å². The quantitative estimate of drug-likeness (QED) is 0.120. The zero-order valence-electron chi connectivity index (χ0n) is 64.7. The molecule has 5 aromatic heterocycles. The van der Waals surface area contributed by atoms with Gasteiger partial charge in [-0.3, -0.25) is 24.9 Å². The van der Waals surface area contributed by atoms with Gasteiger partial charge in [0.2, 0.25) is 0 Å². The SMILES string of the molecule is Brc1cccnc1.Brc1cccnc1.Cc1cc(C)c(N2[CH-]CCC2)c(C)c1.Cc1cc(C)c(N2[CH-]CCC2)c(C)c1.Cc1cc(C)c(N2[CH-]CCC2)c(C)c1.[Cl][Ru]([Cl])=[CH]c1ccccc1.[Cl][Ru]([Cl])=[CH]c1ccccc1.[Cl][Ru]([Cl])=[C]1C=C(c2ccccc2)c2ccccc21.c1ccncc1.c1ccncc1.c1ccncc1. The Balaban J connectivity index is 0.000000196. The first-order chi connectivity index (χ1) is 54.2. The predicted molar refractivity (Wildman–Crippen MR) is 484 cm³/mol. The van der Waals surface area contributed by atoms with E-state index < -0.39 is 40.6 Å². The molecule has 0 saturated carbocycles. The summed E-state index contributed by atoms with van der Waals surface area (Å²) in [6.07, 6.45) is 27.2. The van der Waals surface area contributed by atoms with Crippen LogP contribution in [0.15, 0.2) is 308 Å². The fraction of sp³-hybridized carbons (Fsp3) is 0.194. The van der Waals surface area contributed by atoms with Crippen molar-refractivity contribution in [2.45, 2.75) is 101 Å². The van der Waals surface area contributed by atoms with E-state index in [1.54, 1.807) is 62.0 Å². The minimum atomic E-state index is -1.88. The molecule has 8 nitrogen and oxygen atoms in total. The first-order valence-corrected chi connectivity index (χ1v) is 54.3.